The van der Waals surface area contributed by atoms with Crippen molar-refractivity contribution in [2.75, 3.05) is 19.5 Å². The SMILES string of the molecule is COc1ccc(C(=O)N(Cc2cccc(NC(=O)c3ccc(F)cc3)c2)C2CCCCC2N)cc1OC. The first-order chi connectivity index (χ1) is 17.9. The molecular weight excluding hydrogens is 473 g/mol. The van der Waals surface area contributed by atoms with Gasteiger partial charge in [-0.1, -0.05) is 25.0 Å². The van der Waals surface area contributed by atoms with Gasteiger partial charge in [-0.25, -0.2) is 4.39 Å². The molecule has 8 heteroatoms. The molecule has 7 nitrogen and oxygen atoms in total. The van der Waals surface area contributed by atoms with Crippen molar-refractivity contribution < 1.29 is 23.5 Å². The van der Waals surface area contributed by atoms with Crippen molar-refractivity contribution in [1.82, 2.24) is 4.90 Å². The summed E-state index contributed by atoms with van der Waals surface area (Å²) in [5.41, 5.74) is 8.77. The molecule has 0 aromatic heterocycles. The van der Waals surface area contributed by atoms with Gasteiger partial charge in [0, 0.05) is 35.4 Å². The summed E-state index contributed by atoms with van der Waals surface area (Å²) in [7, 11) is 3.08. The number of hydrogen-bond acceptors (Lipinski definition) is 5. The van der Waals surface area contributed by atoms with Crippen molar-refractivity contribution in [1.29, 1.82) is 0 Å². The maximum absolute atomic E-state index is 13.8. The zero-order chi connectivity index (χ0) is 26.4. The van der Waals surface area contributed by atoms with Crippen molar-refractivity contribution >= 4 is 17.5 Å². The zero-order valence-electron chi connectivity index (χ0n) is 21.1. The second kappa shape index (κ2) is 11.9. The number of carbonyl (C=O) groups excluding carboxylic acids is 2. The van der Waals surface area contributed by atoms with Crippen LogP contribution in [0.2, 0.25) is 0 Å². The third-order valence-corrected chi connectivity index (χ3v) is 6.72. The van der Waals surface area contributed by atoms with Gasteiger partial charge >= 0.3 is 0 Å². The molecule has 1 aliphatic rings. The lowest BCUT2D eigenvalue weighted by molar-refractivity contribution is 0.0583. The first kappa shape index (κ1) is 26.2. The van der Waals surface area contributed by atoms with Crippen LogP contribution in [0, 0.1) is 5.82 Å². The molecule has 3 aromatic carbocycles. The van der Waals surface area contributed by atoms with E-state index in [1.54, 1.807) is 31.4 Å². The molecule has 1 aliphatic carbocycles. The Kier molecular flexibility index (Phi) is 8.40. The van der Waals surface area contributed by atoms with Gasteiger partial charge in [-0.3, -0.25) is 9.59 Å². The van der Waals surface area contributed by atoms with E-state index in [1.807, 2.05) is 23.1 Å². The van der Waals surface area contributed by atoms with Crippen LogP contribution in [0.3, 0.4) is 0 Å². The third kappa shape index (κ3) is 6.27. The number of methoxy groups -OCH3 is 2. The van der Waals surface area contributed by atoms with E-state index in [0.29, 0.717) is 34.9 Å². The standard InChI is InChI=1S/C29H32FN3O4/c1-36-26-15-12-21(17-27(26)37-2)29(35)33(25-9-4-3-8-24(25)31)18-19-6-5-7-23(16-19)32-28(34)20-10-13-22(30)14-11-20/h5-7,10-17,24-25H,3-4,8-9,18,31H2,1-2H3,(H,32,34). The summed E-state index contributed by atoms with van der Waals surface area (Å²) >= 11 is 0. The number of benzene rings is 3. The van der Waals surface area contributed by atoms with E-state index in [0.717, 1.165) is 31.2 Å². The highest BCUT2D eigenvalue weighted by molar-refractivity contribution is 6.04. The summed E-state index contributed by atoms with van der Waals surface area (Å²) in [6.45, 7) is 0.325. The van der Waals surface area contributed by atoms with Crippen LogP contribution in [-0.4, -0.2) is 43.0 Å². The number of nitrogens with zero attached hydrogens (tertiary/aromatic N) is 1. The minimum Gasteiger partial charge on any atom is -0.493 e. The number of carbonyl (C=O) groups is 2. The number of ether oxygens (including phenoxy) is 2. The van der Waals surface area contributed by atoms with Gasteiger partial charge in [0.15, 0.2) is 11.5 Å². The fourth-order valence-corrected chi connectivity index (χ4v) is 4.75. The Morgan fingerprint density at radius 1 is 0.946 bits per heavy atom. The molecule has 3 N–H and O–H groups in total. The number of rotatable bonds is 8. The molecular formula is C29H32FN3O4. The van der Waals surface area contributed by atoms with Crippen LogP contribution < -0.4 is 20.5 Å². The molecule has 1 saturated carbocycles. The van der Waals surface area contributed by atoms with E-state index in [4.69, 9.17) is 15.2 Å². The van der Waals surface area contributed by atoms with Gasteiger partial charge in [0.1, 0.15) is 5.82 Å². The van der Waals surface area contributed by atoms with Crippen LogP contribution >= 0.6 is 0 Å². The largest absolute Gasteiger partial charge is 0.493 e. The highest BCUT2D eigenvalue weighted by Gasteiger charge is 2.32. The average molecular weight is 506 g/mol. The monoisotopic (exact) mass is 505 g/mol. The summed E-state index contributed by atoms with van der Waals surface area (Å²) in [5.74, 6) is 0.129. The second-order valence-corrected chi connectivity index (χ2v) is 9.18. The molecule has 0 spiro atoms. The van der Waals surface area contributed by atoms with Gasteiger partial charge in [-0.05, 0) is 73.0 Å². The van der Waals surface area contributed by atoms with Crippen LogP contribution in [0.25, 0.3) is 0 Å². The smallest absolute Gasteiger partial charge is 0.255 e. The Hall–Kier alpha value is -3.91. The molecule has 37 heavy (non-hydrogen) atoms. The van der Waals surface area contributed by atoms with Gasteiger partial charge in [-0.15, -0.1) is 0 Å². The molecule has 2 atom stereocenters. The van der Waals surface area contributed by atoms with Crippen LogP contribution in [0.4, 0.5) is 10.1 Å². The number of nitrogens with one attached hydrogen (secondary N) is 1. The topological polar surface area (TPSA) is 93.9 Å². The van der Waals surface area contributed by atoms with Crippen LogP contribution in [0.1, 0.15) is 52.0 Å². The molecule has 2 amide bonds. The molecule has 2 unspecified atom stereocenters. The second-order valence-electron chi connectivity index (χ2n) is 9.18. The molecule has 0 heterocycles. The van der Waals surface area contributed by atoms with E-state index < -0.39 is 5.82 Å². The summed E-state index contributed by atoms with van der Waals surface area (Å²) in [6, 6.07) is 17.6. The molecule has 4 rings (SSSR count). The highest BCUT2D eigenvalue weighted by Crippen LogP contribution is 2.30. The Labute approximate surface area is 216 Å². The summed E-state index contributed by atoms with van der Waals surface area (Å²) < 4.78 is 23.9. The van der Waals surface area contributed by atoms with Gasteiger partial charge in [-0.2, -0.15) is 0 Å². The molecule has 0 saturated heterocycles. The molecule has 3 aromatic rings. The lowest BCUT2D eigenvalue weighted by atomic mass is 9.89. The quantitative estimate of drug-likeness (QED) is 0.449. The van der Waals surface area contributed by atoms with Gasteiger partial charge in [0.25, 0.3) is 11.8 Å². The third-order valence-electron chi connectivity index (χ3n) is 6.72. The Morgan fingerprint density at radius 2 is 1.65 bits per heavy atom. The summed E-state index contributed by atoms with van der Waals surface area (Å²) in [6.07, 6.45) is 3.72. The maximum atomic E-state index is 13.8. The molecule has 0 aliphatic heterocycles. The fraction of sp³-hybridized carbons (Fsp3) is 0.310. The van der Waals surface area contributed by atoms with Crippen molar-refractivity contribution in [3.63, 3.8) is 0 Å². The first-order valence-electron chi connectivity index (χ1n) is 12.3. The predicted molar refractivity (Wildman–Crippen MR) is 140 cm³/mol. The minimum atomic E-state index is -0.404. The molecule has 194 valence electrons. The van der Waals surface area contributed by atoms with E-state index in [1.165, 1.54) is 31.4 Å². The van der Waals surface area contributed by atoms with Gasteiger partial charge in [0.2, 0.25) is 0 Å². The van der Waals surface area contributed by atoms with Gasteiger partial charge in [0.05, 0.1) is 14.2 Å². The lowest BCUT2D eigenvalue weighted by Gasteiger charge is -2.38. The number of nitrogens with two attached hydrogens (primary N) is 1. The first-order valence-corrected chi connectivity index (χ1v) is 12.3. The van der Waals surface area contributed by atoms with E-state index in [2.05, 4.69) is 5.32 Å². The fourth-order valence-electron chi connectivity index (χ4n) is 4.75. The highest BCUT2D eigenvalue weighted by atomic mass is 19.1. The molecule has 0 bridgehead atoms. The van der Waals surface area contributed by atoms with Crippen LogP contribution in [-0.2, 0) is 6.54 Å². The predicted octanol–water partition coefficient (Wildman–Crippen LogP) is 5.01. The van der Waals surface area contributed by atoms with Crippen LogP contribution in [0.5, 0.6) is 11.5 Å². The maximum Gasteiger partial charge on any atom is 0.255 e. The van der Waals surface area contributed by atoms with Crippen molar-refractivity contribution in [3.8, 4) is 11.5 Å². The zero-order valence-corrected chi connectivity index (χ0v) is 21.1. The normalized spacial score (nSPS) is 17.1. The van der Waals surface area contributed by atoms with Crippen LogP contribution in [0.15, 0.2) is 66.7 Å². The Bertz CT molecular complexity index is 1250. The van der Waals surface area contributed by atoms with E-state index >= 15 is 0 Å². The van der Waals surface area contributed by atoms with Gasteiger partial charge < -0.3 is 25.4 Å². The van der Waals surface area contributed by atoms with Crippen molar-refractivity contribution in [3.05, 3.63) is 89.2 Å². The van der Waals surface area contributed by atoms with Crippen molar-refractivity contribution in [2.45, 2.75) is 44.3 Å². The lowest BCUT2D eigenvalue weighted by Crippen LogP contribution is -2.51. The molecule has 1 fully saturated rings. The molecule has 0 radical (unpaired) electrons. The Morgan fingerprint density at radius 3 is 2.35 bits per heavy atom. The van der Waals surface area contributed by atoms with E-state index in [-0.39, 0.29) is 23.9 Å². The number of halogens is 1. The summed E-state index contributed by atoms with van der Waals surface area (Å²) in [5, 5.41) is 2.85. The average Bonchev–Trinajstić information content (AvgIpc) is 2.92. The van der Waals surface area contributed by atoms with Crippen molar-refractivity contribution in [2.24, 2.45) is 5.73 Å². The number of anilines is 1. The minimum absolute atomic E-state index is 0.119. The summed E-state index contributed by atoms with van der Waals surface area (Å²) in [4.78, 5) is 28.3. The van der Waals surface area contributed by atoms with E-state index in [9.17, 15) is 14.0 Å². The number of hydrogen-bond donors (Lipinski definition) is 2. The number of amides is 2. The Balaban J connectivity index is 1.59.